The summed E-state index contributed by atoms with van der Waals surface area (Å²) in [5.41, 5.74) is 0. The van der Waals surface area contributed by atoms with E-state index in [1.54, 1.807) is 0 Å². The van der Waals surface area contributed by atoms with Gasteiger partial charge in [0.15, 0.2) is 0 Å². The normalized spacial score (nSPS) is 16.9. The summed E-state index contributed by atoms with van der Waals surface area (Å²) in [4.78, 5) is 33.6. The van der Waals surface area contributed by atoms with Crippen LogP contribution in [0.25, 0.3) is 0 Å². The lowest BCUT2D eigenvalue weighted by Gasteiger charge is -2.16. The van der Waals surface area contributed by atoms with Gasteiger partial charge in [-0.15, -0.1) is 0 Å². The van der Waals surface area contributed by atoms with Gasteiger partial charge in [-0.3, -0.25) is 4.79 Å². The van der Waals surface area contributed by atoms with Crippen molar-refractivity contribution < 1.29 is 24.2 Å². The maximum Gasteiger partial charge on any atom is 0.326 e. The zero-order valence-electron chi connectivity index (χ0n) is 11.8. The number of carbonyl (C=O) groups is 3. The van der Waals surface area contributed by atoms with Crippen molar-refractivity contribution in [3.05, 3.63) is 0 Å². The molecular formula is C13H22N2O5. The molecule has 1 aliphatic rings. The van der Waals surface area contributed by atoms with E-state index in [0.29, 0.717) is 18.4 Å². The predicted molar refractivity (Wildman–Crippen MR) is 71.1 cm³/mol. The minimum atomic E-state index is -1.17. The molecule has 0 heterocycles. The average molecular weight is 286 g/mol. The second kappa shape index (κ2) is 7.72. The lowest BCUT2D eigenvalue weighted by molar-refractivity contribution is -0.142. The first kappa shape index (κ1) is 16.3. The van der Waals surface area contributed by atoms with Crippen LogP contribution in [0.4, 0.5) is 4.79 Å². The predicted octanol–water partition coefficient (Wildman–Crippen LogP) is 0.738. The van der Waals surface area contributed by atoms with Crippen molar-refractivity contribution in [2.45, 2.75) is 38.6 Å². The van der Waals surface area contributed by atoms with Crippen LogP contribution >= 0.6 is 0 Å². The standard InChI is InChI=1S/C13H22N2O5/c1-8(9-3-4-9)7-14-13(19)15-10(12(17)18)5-6-11(16)20-2/h8-10H,3-7H2,1-2H3,(H,17,18)(H2,14,15,19)/t8?,10-/m0/s1. The third-order valence-electron chi connectivity index (χ3n) is 3.48. The highest BCUT2D eigenvalue weighted by Gasteiger charge is 2.28. The van der Waals surface area contributed by atoms with E-state index in [1.807, 2.05) is 0 Å². The zero-order chi connectivity index (χ0) is 15.1. The number of hydrogen-bond donors (Lipinski definition) is 3. The number of urea groups is 1. The fraction of sp³-hybridized carbons (Fsp3) is 0.769. The average Bonchev–Trinajstić information content (AvgIpc) is 3.24. The monoisotopic (exact) mass is 286 g/mol. The number of aliphatic carboxylic acids is 1. The van der Waals surface area contributed by atoms with Gasteiger partial charge in [0.2, 0.25) is 0 Å². The van der Waals surface area contributed by atoms with E-state index in [-0.39, 0.29) is 12.8 Å². The van der Waals surface area contributed by atoms with Crippen molar-refractivity contribution in [3.8, 4) is 0 Å². The van der Waals surface area contributed by atoms with E-state index in [2.05, 4.69) is 22.3 Å². The van der Waals surface area contributed by atoms with Crippen molar-refractivity contribution >= 4 is 18.0 Å². The number of carbonyl (C=O) groups excluding carboxylic acids is 2. The molecule has 2 amide bonds. The molecule has 2 atom stereocenters. The third-order valence-corrected chi connectivity index (χ3v) is 3.48. The molecule has 0 aromatic carbocycles. The summed E-state index contributed by atoms with van der Waals surface area (Å²) in [6.45, 7) is 2.59. The number of ether oxygens (including phenoxy) is 1. The van der Waals surface area contributed by atoms with Crippen LogP contribution in [-0.2, 0) is 14.3 Å². The van der Waals surface area contributed by atoms with Gasteiger partial charge in [0.25, 0.3) is 0 Å². The Labute approximate surface area is 118 Å². The quantitative estimate of drug-likeness (QED) is 0.571. The molecular weight excluding hydrogens is 264 g/mol. The third kappa shape index (κ3) is 5.90. The van der Waals surface area contributed by atoms with Crippen molar-refractivity contribution in [2.24, 2.45) is 11.8 Å². The second-order valence-corrected chi connectivity index (χ2v) is 5.17. The number of carboxylic acid groups (broad SMARTS) is 1. The molecule has 0 bridgehead atoms. The number of esters is 1. The highest BCUT2D eigenvalue weighted by molar-refractivity contribution is 5.83. The molecule has 3 N–H and O–H groups in total. The molecule has 0 aromatic heterocycles. The van der Waals surface area contributed by atoms with Gasteiger partial charge in [-0.25, -0.2) is 9.59 Å². The molecule has 0 aliphatic heterocycles. The molecule has 1 rings (SSSR count). The Kier molecular flexibility index (Phi) is 6.27. The van der Waals surface area contributed by atoms with Crippen LogP contribution in [0.15, 0.2) is 0 Å². The summed E-state index contributed by atoms with van der Waals surface area (Å²) in [6.07, 6.45) is 2.35. The molecule has 0 radical (unpaired) electrons. The molecule has 1 unspecified atom stereocenters. The van der Waals surface area contributed by atoms with E-state index < -0.39 is 24.0 Å². The van der Waals surface area contributed by atoms with Crippen LogP contribution in [0.3, 0.4) is 0 Å². The molecule has 1 aliphatic carbocycles. The Bertz CT molecular complexity index is 368. The van der Waals surface area contributed by atoms with Crippen LogP contribution in [0.2, 0.25) is 0 Å². The van der Waals surface area contributed by atoms with Gasteiger partial charge in [-0.2, -0.15) is 0 Å². The summed E-state index contributed by atoms with van der Waals surface area (Å²) in [7, 11) is 1.23. The second-order valence-electron chi connectivity index (χ2n) is 5.17. The smallest absolute Gasteiger partial charge is 0.326 e. The Morgan fingerprint density at radius 2 is 2.00 bits per heavy atom. The summed E-state index contributed by atoms with van der Waals surface area (Å²) < 4.78 is 4.44. The topological polar surface area (TPSA) is 105 Å². The van der Waals surface area contributed by atoms with E-state index in [0.717, 1.165) is 0 Å². The van der Waals surface area contributed by atoms with Gasteiger partial charge in [0.05, 0.1) is 7.11 Å². The fourth-order valence-corrected chi connectivity index (χ4v) is 1.92. The largest absolute Gasteiger partial charge is 0.480 e. The number of rotatable bonds is 8. The molecule has 7 nitrogen and oxygen atoms in total. The number of amides is 2. The molecule has 20 heavy (non-hydrogen) atoms. The van der Waals surface area contributed by atoms with Crippen LogP contribution in [-0.4, -0.2) is 42.8 Å². The van der Waals surface area contributed by atoms with Gasteiger partial charge in [-0.05, 0) is 31.1 Å². The number of nitrogens with one attached hydrogen (secondary N) is 2. The van der Waals surface area contributed by atoms with Gasteiger partial charge in [0.1, 0.15) is 6.04 Å². The van der Waals surface area contributed by atoms with E-state index >= 15 is 0 Å². The first-order valence-electron chi connectivity index (χ1n) is 6.78. The molecule has 7 heteroatoms. The van der Waals surface area contributed by atoms with E-state index in [1.165, 1.54) is 20.0 Å². The maximum atomic E-state index is 11.6. The number of methoxy groups -OCH3 is 1. The maximum absolute atomic E-state index is 11.6. The SMILES string of the molecule is COC(=O)CC[C@H](NC(=O)NCC(C)C1CC1)C(=O)O. The fourth-order valence-electron chi connectivity index (χ4n) is 1.92. The minimum Gasteiger partial charge on any atom is -0.480 e. The van der Waals surface area contributed by atoms with Crippen LogP contribution in [0.5, 0.6) is 0 Å². The van der Waals surface area contributed by atoms with E-state index in [4.69, 9.17) is 5.11 Å². The Morgan fingerprint density at radius 1 is 1.35 bits per heavy atom. The van der Waals surface area contributed by atoms with Crippen LogP contribution in [0.1, 0.15) is 32.6 Å². The Morgan fingerprint density at radius 3 is 2.50 bits per heavy atom. The zero-order valence-corrected chi connectivity index (χ0v) is 11.8. The lowest BCUT2D eigenvalue weighted by Crippen LogP contribution is -2.47. The molecule has 1 saturated carbocycles. The number of hydrogen-bond acceptors (Lipinski definition) is 4. The summed E-state index contributed by atoms with van der Waals surface area (Å²) in [5, 5.41) is 14.0. The summed E-state index contributed by atoms with van der Waals surface area (Å²) in [6, 6.07) is -1.61. The first-order chi connectivity index (χ1) is 9.43. The van der Waals surface area contributed by atoms with Crippen molar-refractivity contribution in [2.75, 3.05) is 13.7 Å². The van der Waals surface area contributed by atoms with Crippen molar-refractivity contribution in [1.82, 2.24) is 10.6 Å². The lowest BCUT2D eigenvalue weighted by atomic mass is 10.1. The minimum absolute atomic E-state index is 0.00754. The summed E-state index contributed by atoms with van der Waals surface area (Å²) in [5.74, 6) is -0.593. The molecule has 114 valence electrons. The summed E-state index contributed by atoms with van der Waals surface area (Å²) >= 11 is 0. The molecule has 0 spiro atoms. The van der Waals surface area contributed by atoms with E-state index in [9.17, 15) is 14.4 Å². The Balaban J connectivity index is 2.30. The number of carboxylic acids is 1. The van der Waals surface area contributed by atoms with Gasteiger partial charge >= 0.3 is 18.0 Å². The highest BCUT2D eigenvalue weighted by Crippen LogP contribution is 2.35. The van der Waals surface area contributed by atoms with Gasteiger partial charge < -0.3 is 20.5 Å². The van der Waals surface area contributed by atoms with Gasteiger partial charge in [-0.1, -0.05) is 6.92 Å². The first-order valence-corrected chi connectivity index (χ1v) is 6.78. The highest BCUT2D eigenvalue weighted by atomic mass is 16.5. The van der Waals surface area contributed by atoms with Crippen molar-refractivity contribution in [3.63, 3.8) is 0 Å². The molecule has 0 saturated heterocycles. The molecule has 0 aromatic rings. The van der Waals surface area contributed by atoms with Gasteiger partial charge in [0, 0.05) is 13.0 Å². The van der Waals surface area contributed by atoms with Crippen LogP contribution < -0.4 is 10.6 Å². The Hall–Kier alpha value is -1.79. The van der Waals surface area contributed by atoms with Crippen molar-refractivity contribution in [1.29, 1.82) is 0 Å². The van der Waals surface area contributed by atoms with Crippen LogP contribution in [0, 0.1) is 11.8 Å². The molecule has 1 fully saturated rings.